The molecule has 2 aromatic carbocycles. The molecule has 0 aliphatic rings. The van der Waals surface area contributed by atoms with Gasteiger partial charge in [0.05, 0.1) is 0 Å². The lowest BCUT2D eigenvalue weighted by Crippen LogP contribution is -2.55. The minimum atomic E-state index is -4.15. The fourth-order valence-corrected chi connectivity index (χ4v) is 5.09. The van der Waals surface area contributed by atoms with Gasteiger partial charge in [0.2, 0.25) is 8.80 Å². The highest BCUT2D eigenvalue weighted by atomic mass is 28.3. The summed E-state index contributed by atoms with van der Waals surface area (Å²) in [5.74, 6) is -4.15. The monoisotopic (exact) mass is 280 g/mol. The second-order valence-corrected chi connectivity index (χ2v) is 7.45. The second-order valence-electron chi connectivity index (χ2n) is 4.69. The number of aryl methyl sites for hydroxylation is 2. The molecule has 0 saturated carbocycles. The van der Waals surface area contributed by atoms with E-state index in [-0.39, 0.29) is 0 Å². The van der Waals surface area contributed by atoms with Crippen LogP contribution in [-0.4, -0.2) is 14.6 Å². The Morgan fingerprint density at radius 3 is 1.42 bits per heavy atom. The predicted molar refractivity (Wildman–Crippen MR) is 74.8 cm³/mol. The Kier molecular flexibility index (Phi) is 3.80. The summed E-state index contributed by atoms with van der Waals surface area (Å²) >= 11 is 0. The Hall–Kier alpha value is -1.55. The summed E-state index contributed by atoms with van der Waals surface area (Å²) in [4.78, 5) is 0. The number of hydrogen-bond donors (Lipinski definition) is 0. The highest BCUT2D eigenvalue weighted by Crippen LogP contribution is 2.21. The quantitative estimate of drug-likeness (QED) is 0.742. The van der Waals surface area contributed by atoms with Crippen LogP contribution in [-0.2, 0) is 0 Å². The molecule has 0 aromatic heterocycles. The Morgan fingerprint density at radius 2 is 1.11 bits per heavy atom. The molecule has 0 spiro atoms. The molecule has 4 heteroatoms. The Balaban J connectivity index is 2.62. The zero-order chi connectivity index (χ0) is 14.0. The molecule has 2 rings (SSSR count). The molecule has 0 fully saturated rings. The van der Waals surface area contributed by atoms with Gasteiger partial charge >= 0.3 is 5.80 Å². The van der Waals surface area contributed by atoms with Crippen molar-refractivity contribution in [3.63, 3.8) is 0 Å². The summed E-state index contributed by atoms with van der Waals surface area (Å²) in [6, 6.07) is 13.7. The van der Waals surface area contributed by atoms with Crippen molar-refractivity contribution in [2.45, 2.75) is 19.6 Å². The van der Waals surface area contributed by atoms with Gasteiger partial charge in [-0.15, -0.1) is 0 Å². The third kappa shape index (κ3) is 2.89. The lowest BCUT2D eigenvalue weighted by Gasteiger charge is -2.22. The SMILES string of the molecule is Cc1ccccc1[SiH](c1ccccc1C)C(F)(F)F. The van der Waals surface area contributed by atoms with Crippen LogP contribution in [0.2, 0.25) is 0 Å². The van der Waals surface area contributed by atoms with E-state index in [2.05, 4.69) is 0 Å². The number of benzene rings is 2. The van der Waals surface area contributed by atoms with Crippen LogP contribution in [0.5, 0.6) is 0 Å². The Bertz CT molecular complexity index is 530. The maximum absolute atomic E-state index is 13.5. The van der Waals surface area contributed by atoms with Crippen molar-refractivity contribution in [3.05, 3.63) is 59.7 Å². The van der Waals surface area contributed by atoms with Gasteiger partial charge in [0.1, 0.15) is 0 Å². The topological polar surface area (TPSA) is 0 Å². The Morgan fingerprint density at radius 1 is 0.737 bits per heavy atom. The van der Waals surface area contributed by atoms with Crippen LogP contribution in [0, 0.1) is 13.8 Å². The molecule has 0 saturated heterocycles. The van der Waals surface area contributed by atoms with Gasteiger partial charge in [-0.05, 0) is 24.2 Å². The Labute approximate surface area is 112 Å². The molecule has 0 aliphatic carbocycles. The summed E-state index contributed by atoms with van der Waals surface area (Å²) in [6.45, 7) is 3.50. The summed E-state index contributed by atoms with van der Waals surface area (Å²) in [6.07, 6.45) is 0. The number of hydrogen-bond acceptors (Lipinski definition) is 0. The molecule has 0 amide bonds. The molecule has 0 aliphatic heterocycles. The molecule has 19 heavy (non-hydrogen) atoms. The third-order valence-electron chi connectivity index (χ3n) is 3.33. The minimum absolute atomic E-state index is 0.462. The van der Waals surface area contributed by atoms with Gasteiger partial charge < -0.3 is 0 Å². The molecular formula is C15H15F3Si. The largest absolute Gasteiger partial charge is 0.367 e. The molecular weight excluding hydrogens is 265 g/mol. The smallest absolute Gasteiger partial charge is 0.176 e. The predicted octanol–water partition coefficient (Wildman–Crippen LogP) is 2.75. The molecule has 100 valence electrons. The van der Waals surface area contributed by atoms with Gasteiger partial charge in [-0.1, -0.05) is 59.7 Å². The van der Waals surface area contributed by atoms with Gasteiger partial charge in [0, 0.05) is 0 Å². The van der Waals surface area contributed by atoms with Crippen LogP contribution in [0.3, 0.4) is 0 Å². The first-order valence-electron chi connectivity index (χ1n) is 6.09. The van der Waals surface area contributed by atoms with Crippen molar-refractivity contribution in [1.29, 1.82) is 0 Å². The van der Waals surface area contributed by atoms with E-state index in [0.29, 0.717) is 10.4 Å². The van der Waals surface area contributed by atoms with E-state index in [1.54, 1.807) is 62.4 Å². The maximum Gasteiger partial charge on any atom is 0.367 e. The van der Waals surface area contributed by atoms with E-state index in [1.807, 2.05) is 0 Å². The first-order valence-corrected chi connectivity index (χ1v) is 7.82. The van der Waals surface area contributed by atoms with Gasteiger partial charge in [-0.2, -0.15) is 13.2 Å². The van der Waals surface area contributed by atoms with E-state index in [9.17, 15) is 13.2 Å². The van der Waals surface area contributed by atoms with Gasteiger partial charge in [0.15, 0.2) is 0 Å². The molecule has 0 unspecified atom stereocenters. The van der Waals surface area contributed by atoms with Crippen LogP contribution in [0.25, 0.3) is 0 Å². The first-order chi connectivity index (χ1) is 8.91. The van der Waals surface area contributed by atoms with Crippen LogP contribution >= 0.6 is 0 Å². The summed E-state index contributed by atoms with van der Waals surface area (Å²) in [5, 5.41) is 0.925. The summed E-state index contributed by atoms with van der Waals surface area (Å²) in [7, 11) is -3.22. The van der Waals surface area contributed by atoms with Crippen molar-refractivity contribution >= 4 is 19.2 Å². The second kappa shape index (κ2) is 5.21. The highest BCUT2D eigenvalue weighted by Gasteiger charge is 2.44. The third-order valence-corrected chi connectivity index (χ3v) is 6.52. The molecule has 0 heterocycles. The standard InChI is InChI=1S/C15H15F3Si/c1-11-7-3-5-9-13(11)19(15(16,17)18)14-10-6-4-8-12(14)2/h3-10,19H,1-2H3. The zero-order valence-corrected chi connectivity index (χ0v) is 12.0. The van der Waals surface area contributed by atoms with Crippen molar-refractivity contribution in [1.82, 2.24) is 0 Å². The molecule has 0 atom stereocenters. The van der Waals surface area contributed by atoms with Gasteiger partial charge in [0.25, 0.3) is 0 Å². The number of halogens is 3. The van der Waals surface area contributed by atoms with E-state index in [0.717, 1.165) is 11.1 Å². The lowest BCUT2D eigenvalue weighted by molar-refractivity contribution is -0.0484. The average Bonchev–Trinajstić information content (AvgIpc) is 2.33. The summed E-state index contributed by atoms with van der Waals surface area (Å²) in [5.41, 5.74) is 1.44. The lowest BCUT2D eigenvalue weighted by atomic mass is 10.2. The maximum atomic E-state index is 13.5. The van der Waals surface area contributed by atoms with E-state index >= 15 is 0 Å². The fraction of sp³-hybridized carbons (Fsp3) is 0.200. The molecule has 0 nitrogen and oxygen atoms in total. The van der Waals surface area contributed by atoms with Crippen molar-refractivity contribution < 1.29 is 13.2 Å². The van der Waals surface area contributed by atoms with Crippen molar-refractivity contribution in [2.75, 3.05) is 0 Å². The average molecular weight is 280 g/mol. The van der Waals surface area contributed by atoms with Crippen LogP contribution in [0.1, 0.15) is 11.1 Å². The van der Waals surface area contributed by atoms with Gasteiger partial charge in [-0.3, -0.25) is 0 Å². The van der Waals surface area contributed by atoms with Crippen LogP contribution < -0.4 is 10.4 Å². The number of alkyl halides is 3. The molecule has 0 radical (unpaired) electrons. The molecule has 2 aromatic rings. The van der Waals surface area contributed by atoms with E-state index in [1.165, 1.54) is 0 Å². The van der Waals surface area contributed by atoms with E-state index in [4.69, 9.17) is 0 Å². The van der Waals surface area contributed by atoms with Crippen molar-refractivity contribution in [2.24, 2.45) is 0 Å². The van der Waals surface area contributed by atoms with E-state index < -0.39 is 14.6 Å². The normalized spacial score (nSPS) is 11.9. The molecule has 0 bridgehead atoms. The number of rotatable bonds is 2. The zero-order valence-electron chi connectivity index (χ0n) is 10.8. The summed E-state index contributed by atoms with van der Waals surface area (Å²) < 4.78 is 40.5. The van der Waals surface area contributed by atoms with Gasteiger partial charge in [-0.25, -0.2) is 0 Å². The highest BCUT2D eigenvalue weighted by molar-refractivity contribution is 6.87. The van der Waals surface area contributed by atoms with Crippen molar-refractivity contribution in [3.8, 4) is 0 Å². The first kappa shape index (κ1) is 13.9. The minimum Gasteiger partial charge on any atom is -0.176 e. The van der Waals surface area contributed by atoms with Crippen LogP contribution in [0.15, 0.2) is 48.5 Å². The van der Waals surface area contributed by atoms with Crippen LogP contribution in [0.4, 0.5) is 13.2 Å². The fourth-order valence-electron chi connectivity index (χ4n) is 2.34. The molecule has 0 N–H and O–H groups in total.